The number of carbonyl (C=O) groups excluding carboxylic acids is 2. The standard InChI is InChI=1S/C21H23N3O4.C20H20ClN3O4/c1-13-6-4-9-17-19(13)23-21(28-17)22-14-10-11-24(12-14)20(25)18-15(26-2)7-5-8-16(18)27-3;1-26-15-7-4-8-16(27-2)17(15)19(25)24-10-9-12(11-24)22-20-23-14-6-3-5-13(21)18(14)28-20/h4-9,14H,10-12H2,1-3H3,(H,22,23);3-8,12H,9-11H2,1-2H3,(H,22,23)/t14-;12-/m11/s1. The van der Waals surface area contributed by atoms with E-state index in [1.165, 1.54) is 14.2 Å². The zero-order chi connectivity index (χ0) is 39.3. The predicted octanol–water partition coefficient (Wildman–Crippen LogP) is 7.31. The molecule has 2 aliphatic rings. The van der Waals surface area contributed by atoms with Crippen LogP contribution in [0.25, 0.3) is 22.2 Å². The smallest absolute Gasteiger partial charge is 0.296 e. The Balaban J connectivity index is 0.000000172. The number of anilines is 2. The van der Waals surface area contributed by atoms with Gasteiger partial charge in [-0.1, -0.05) is 41.9 Å². The van der Waals surface area contributed by atoms with E-state index >= 15 is 0 Å². The predicted molar refractivity (Wildman–Crippen MR) is 213 cm³/mol. The van der Waals surface area contributed by atoms with Crippen molar-refractivity contribution in [3.63, 3.8) is 0 Å². The van der Waals surface area contributed by atoms with Crippen molar-refractivity contribution < 1.29 is 37.4 Å². The third-order valence-electron chi connectivity index (χ3n) is 9.88. The summed E-state index contributed by atoms with van der Waals surface area (Å²) in [6, 6.07) is 22.9. The molecular formula is C41H43ClN6O8. The quantitative estimate of drug-likeness (QED) is 0.143. The number of likely N-dealkylation sites (tertiary alicyclic amines) is 2. The largest absolute Gasteiger partial charge is 0.496 e. The molecule has 4 heterocycles. The Kier molecular flexibility index (Phi) is 11.4. The van der Waals surface area contributed by atoms with Gasteiger partial charge < -0.3 is 48.2 Å². The molecule has 0 spiro atoms. The molecule has 2 fully saturated rings. The highest BCUT2D eigenvalue weighted by atomic mass is 35.5. The molecule has 292 valence electrons. The summed E-state index contributed by atoms with van der Waals surface area (Å²) in [6.07, 6.45) is 1.58. The summed E-state index contributed by atoms with van der Waals surface area (Å²) in [7, 11) is 6.18. The molecule has 0 bridgehead atoms. The van der Waals surface area contributed by atoms with Gasteiger partial charge in [-0.15, -0.1) is 0 Å². The number of nitrogens with one attached hydrogen (secondary N) is 2. The van der Waals surface area contributed by atoms with Crippen LogP contribution in [0.3, 0.4) is 0 Å². The van der Waals surface area contributed by atoms with Crippen molar-refractivity contribution in [3.05, 3.63) is 94.5 Å². The number of benzene rings is 4. The lowest BCUT2D eigenvalue weighted by atomic mass is 10.1. The Hall–Kier alpha value is -6.15. The van der Waals surface area contributed by atoms with Crippen LogP contribution < -0.4 is 29.6 Å². The molecule has 2 aliphatic heterocycles. The highest BCUT2D eigenvalue weighted by molar-refractivity contribution is 6.34. The molecule has 14 nitrogen and oxygen atoms in total. The zero-order valence-electron chi connectivity index (χ0n) is 31.8. The van der Waals surface area contributed by atoms with Gasteiger partial charge in [0.15, 0.2) is 11.2 Å². The molecule has 2 saturated heterocycles. The second kappa shape index (κ2) is 16.7. The van der Waals surface area contributed by atoms with E-state index in [2.05, 4.69) is 20.6 Å². The van der Waals surface area contributed by atoms with E-state index in [1.54, 1.807) is 66.5 Å². The number of fused-ring (bicyclic) bond motifs is 2. The molecule has 4 aromatic carbocycles. The first-order valence-electron chi connectivity index (χ1n) is 18.2. The monoisotopic (exact) mass is 782 g/mol. The van der Waals surface area contributed by atoms with E-state index in [4.69, 9.17) is 39.4 Å². The Morgan fingerprint density at radius 3 is 1.64 bits per heavy atom. The van der Waals surface area contributed by atoms with Crippen molar-refractivity contribution in [1.29, 1.82) is 0 Å². The number of methoxy groups -OCH3 is 4. The van der Waals surface area contributed by atoms with Gasteiger partial charge in [-0.25, -0.2) is 0 Å². The molecule has 8 rings (SSSR count). The summed E-state index contributed by atoms with van der Waals surface area (Å²) >= 11 is 6.14. The molecule has 0 saturated carbocycles. The first-order chi connectivity index (χ1) is 27.2. The Bertz CT molecular complexity index is 2150. The van der Waals surface area contributed by atoms with Gasteiger partial charge in [-0.2, -0.15) is 9.97 Å². The van der Waals surface area contributed by atoms with Gasteiger partial charge in [0, 0.05) is 38.3 Å². The molecule has 2 amide bonds. The van der Waals surface area contributed by atoms with E-state index in [-0.39, 0.29) is 23.9 Å². The average molecular weight is 783 g/mol. The van der Waals surface area contributed by atoms with Crippen LogP contribution in [0, 0.1) is 6.92 Å². The fourth-order valence-corrected chi connectivity index (χ4v) is 7.25. The molecule has 0 radical (unpaired) electrons. The molecule has 15 heteroatoms. The highest BCUT2D eigenvalue weighted by Gasteiger charge is 2.33. The fraction of sp³-hybridized carbons (Fsp3) is 0.317. The lowest BCUT2D eigenvalue weighted by Gasteiger charge is -2.20. The SMILES string of the molecule is COc1cccc(OC)c1C(=O)N1CC[C@@H](Nc2nc3c(C)cccc3o2)C1.COc1cccc(OC)c1C(=O)N1CC[C@@H](Nc2nc3cccc(Cl)c3o2)C1. The highest BCUT2D eigenvalue weighted by Crippen LogP contribution is 2.33. The lowest BCUT2D eigenvalue weighted by Crippen LogP contribution is -2.32. The van der Waals surface area contributed by atoms with Gasteiger partial charge in [0.2, 0.25) is 0 Å². The fourth-order valence-electron chi connectivity index (χ4n) is 7.04. The number of amides is 2. The van der Waals surface area contributed by atoms with Gasteiger partial charge in [0.25, 0.3) is 23.8 Å². The van der Waals surface area contributed by atoms with Crippen molar-refractivity contribution in [2.45, 2.75) is 31.8 Å². The van der Waals surface area contributed by atoms with E-state index in [9.17, 15) is 9.59 Å². The van der Waals surface area contributed by atoms with Crippen molar-refractivity contribution in [2.75, 3.05) is 65.3 Å². The topological polar surface area (TPSA) is 154 Å². The van der Waals surface area contributed by atoms with Crippen molar-refractivity contribution in [2.24, 2.45) is 0 Å². The van der Waals surface area contributed by atoms with Crippen LogP contribution in [0.4, 0.5) is 12.0 Å². The number of ether oxygens (including phenoxy) is 4. The minimum Gasteiger partial charge on any atom is -0.496 e. The zero-order valence-corrected chi connectivity index (χ0v) is 32.5. The van der Waals surface area contributed by atoms with Gasteiger partial charge >= 0.3 is 0 Å². The second-order valence-electron chi connectivity index (χ2n) is 13.4. The summed E-state index contributed by atoms with van der Waals surface area (Å²) in [5.41, 5.74) is 4.81. The number of nitrogens with zero attached hydrogens (tertiary/aromatic N) is 4. The Morgan fingerprint density at radius 2 is 1.16 bits per heavy atom. The van der Waals surface area contributed by atoms with Gasteiger partial charge in [0.05, 0.1) is 33.5 Å². The minimum absolute atomic E-state index is 0.0245. The number of carbonyl (C=O) groups is 2. The molecule has 2 atom stereocenters. The third-order valence-corrected chi connectivity index (χ3v) is 10.2. The van der Waals surface area contributed by atoms with Crippen LogP contribution in [-0.4, -0.2) is 98.3 Å². The minimum atomic E-state index is -0.126. The second-order valence-corrected chi connectivity index (χ2v) is 13.8. The molecular weight excluding hydrogens is 740 g/mol. The summed E-state index contributed by atoms with van der Waals surface area (Å²) < 4.78 is 33.0. The molecule has 6 aromatic rings. The maximum atomic E-state index is 13.1. The Morgan fingerprint density at radius 1 is 0.679 bits per heavy atom. The molecule has 56 heavy (non-hydrogen) atoms. The summed E-state index contributed by atoms with van der Waals surface area (Å²) in [6.45, 7) is 4.32. The average Bonchev–Trinajstić information content (AvgIpc) is 4.05. The number of aryl methyl sites for hydroxylation is 1. The van der Waals surface area contributed by atoms with E-state index in [0.717, 1.165) is 29.5 Å². The van der Waals surface area contributed by atoms with Crippen LogP contribution in [0.1, 0.15) is 39.1 Å². The van der Waals surface area contributed by atoms with Crippen LogP contribution in [-0.2, 0) is 0 Å². The van der Waals surface area contributed by atoms with Crippen molar-refractivity contribution >= 4 is 57.6 Å². The van der Waals surface area contributed by atoms with Crippen LogP contribution >= 0.6 is 11.6 Å². The molecule has 0 unspecified atom stereocenters. The molecule has 2 N–H and O–H groups in total. The first kappa shape index (κ1) is 38.1. The number of hydrogen-bond donors (Lipinski definition) is 2. The van der Waals surface area contributed by atoms with Crippen molar-refractivity contribution in [1.82, 2.24) is 19.8 Å². The number of para-hydroxylation sites is 2. The van der Waals surface area contributed by atoms with Gasteiger partial charge in [0.1, 0.15) is 45.2 Å². The number of halogens is 1. The lowest BCUT2D eigenvalue weighted by molar-refractivity contribution is 0.0776. The van der Waals surface area contributed by atoms with Gasteiger partial charge in [-0.05, 0) is 67.8 Å². The summed E-state index contributed by atoms with van der Waals surface area (Å²) in [5.74, 6) is 1.78. The maximum Gasteiger partial charge on any atom is 0.296 e. The first-order valence-corrected chi connectivity index (χ1v) is 18.5. The summed E-state index contributed by atoms with van der Waals surface area (Å²) in [4.78, 5) is 38.7. The number of oxazole rings is 2. The van der Waals surface area contributed by atoms with Crippen molar-refractivity contribution in [3.8, 4) is 23.0 Å². The van der Waals surface area contributed by atoms with Gasteiger partial charge in [-0.3, -0.25) is 9.59 Å². The number of rotatable bonds is 10. The summed E-state index contributed by atoms with van der Waals surface area (Å²) in [5, 5.41) is 7.09. The van der Waals surface area contributed by atoms with E-state index in [0.29, 0.717) is 88.5 Å². The van der Waals surface area contributed by atoms with Crippen LogP contribution in [0.15, 0.2) is 81.6 Å². The van der Waals surface area contributed by atoms with E-state index < -0.39 is 0 Å². The Labute approximate surface area is 328 Å². The van der Waals surface area contributed by atoms with Crippen LogP contribution in [0.2, 0.25) is 5.02 Å². The normalized spacial score (nSPS) is 16.4. The number of aromatic nitrogens is 2. The van der Waals surface area contributed by atoms with E-state index in [1.807, 2.05) is 37.3 Å². The maximum absolute atomic E-state index is 13.1. The molecule has 0 aliphatic carbocycles. The third kappa shape index (κ3) is 7.83. The van der Waals surface area contributed by atoms with Crippen LogP contribution in [0.5, 0.6) is 23.0 Å². The number of hydrogen-bond acceptors (Lipinski definition) is 12. The molecule has 2 aromatic heterocycles.